The van der Waals surface area contributed by atoms with Gasteiger partial charge in [-0.15, -0.1) is 0 Å². The van der Waals surface area contributed by atoms with Gasteiger partial charge >= 0.3 is 12.1 Å². The summed E-state index contributed by atoms with van der Waals surface area (Å²) < 4.78 is 77.7. The summed E-state index contributed by atoms with van der Waals surface area (Å²) in [5.74, 6) is -1.89. The first-order valence-electron chi connectivity index (χ1n) is 9.85. The molecule has 0 saturated carbocycles. The molecule has 178 valence electrons. The zero-order valence-electron chi connectivity index (χ0n) is 17.2. The van der Waals surface area contributed by atoms with Crippen LogP contribution in [0.15, 0.2) is 53.2 Å². The second kappa shape index (κ2) is 9.12. The minimum absolute atomic E-state index is 0.0777. The van der Waals surface area contributed by atoms with Crippen LogP contribution in [0.2, 0.25) is 0 Å². The third kappa shape index (κ3) is 4.56. The Hall–Kier alpha value is -3.96. The van der Waals surface area contributed by atoms with Gasteiger partial charge in [0.1, 0.15) is 25.6 Å². The van der Waals surface area contributed by atoms with Gasteiger partial charge in [0.05, 0.1) is 5.56 Å². The normalized spacial score (nSPS) is 11.9. The molecule has 34 heavy (non-hydrogen) atoms. The largest absolute Gasteiger partial charge is 0.484 e. The standard InChI is InChI=1S/C22H16F5N3O4/c23-9-13(10-24)33-18-5-4-12(8-16(18)22(25,26)27)21-28-20(29-34-21)15-2-1-3-17-14(15)6-7-30(17)11-19(31)32/h1-8,13H,9-11H2,(H,31,32). The number of carboxylic acid groups (broad SMARTS) is 1. The van der Waals surface area contributed by atoms with Gasteiger partial charge in [-0.2, -0.15) is 18.2 Å². The van der Waals surface area contributed by atoms with Crippen molar-refractivity contribution in [2.45, 2.75) is 18.8 Å². The Bertz CT molecular complexity index is 1330. The number of benzene rings is 2. The number of hydrogen-bond acceptors (Lipinski definition) is 5. The molecule has 2 aromatic heterocycles. The molecular formula is C22H16F5N3O4. The maximum absolute atomic E-state index is 13.6. The SMILES string of the molecule is O=C(O)Cn1ccc2c(-c3noc(-c4ccc(OC(CF)CF)c(C(F)(F)F)c4)n3)cccc21. The fraction of sp³-hybridized carbons (Fsp3) is 0.227. The van der Waals surface area contributed by atoms with Crippen LogP contribution in [0, 0.1) is 0 Å². The number of carboxylic acids is 1. The summed E-state index contributed by atoms with van der Waals surface area (Å²) in [7, 11) is 0. The number of aliphatic carboxylic acids is 1. The molecule has 1 N–H and O–H groups in total. The van der Waals surface area contributed by atoms with Crippen molar-refractivity contribution in [3.8, 4) is 28.6 Å². The summed E-state index contributed by atoms with van der Waals surface area (Å²) in [6, 6.07) is 9.54. The van der Waals surface area contributed by atoms with Gasteiger partial charge in [0.2, 0.25) is 5.82 Å². The molecule has 12 heteroatoms. The first kappa shape index (κ1) is 23.2. The number of hydrogen-bond donors (Lipinski definition) is 1. The van der Waals surface area contributed by atoms with Gasteiger partial charge in [-0.05, 0) is 30.3 Å². The van der Waals surface area contributed by atoms with Crippen LogP contribution in [0.4, 0.5) is 22.0 Å². The van der Waals surface area contributed by atoms with Gasteiger partial charge in [0.25, 0.3) is 5.89 Å². The maximum atomic E-state index is 13.6. The van der Waals surface area contributed by atoms with E-state index in [9.17, 15) is 26.7 Å². The van der Waals surface area contributed by atoms with Crippen LogP contribution in [-0.4, -0.2) is 45.2 Å². The molecule has 0 atom stereocenters. The Morgan fingerprint density at radius 3 is 2.59 bits per heavy atom. The number of alkyl halides is 5. The fourth-order valence-electron chi connectivity index (χ4n) is 3.42. The van der Waals surface area contributed by atoms with Crippen LogP contribution in [0.5, 0.6) is 5.75 Å². The van der Waals surface area contributed by atoms with Crippen LogP contribution in [-0.2, 0) is 17.5 Å². The lowest BCUT2D eigenvalue weighted by Crippen LogP contribution is -2.23. The molecular weight excluding hydrogens is 465 g/mol. The molecule has 4 aromatic rings. The van der Waals surface area contributed by atoms with E-state index < -0.39 is 42.9 Å². The molecule has 2 heterocycles. The Morgan fingerprint density at radius 1 is 1.15 bits per heavy atom. The average molecular weight is 481 g/mol. The second-order valence-corrected chi connectivity index (χ2v) is 7.26. The van der Waals surface area contributed by atoms with Crippen molar-refractivity contribution in [2.24, 2.45) is 0 Å². The van der Waals surface area contributed by atoms with Crippen LogP contribution in [0.1, 0.15) is 5.56 Å². The Labute approximate surface area is 188 Å². The van der Waals surface area contributed by atoms with E-state index in [0.29, 0.717) is 22.5 Å². The van der Waals surface area contributed by atoms with Gasteiger partial charge in [-0.3, -0.25) is 4.79 Å². The lowest BCUT2D eigenvalue weighted by molar-refractivity contribution is -0.139. The molecule has 0 aliphatic carbocycles. The fourth-order valence-corrected chi connectivity index (χ4v) is 3.42. The van der Waals surface area contributed by atoms with Crippen LogP contribution >= 0.6 is 0 Å². The Balaban J connectivity index is 1.71. The van der Waals surface area contributed by atoms with Crippen molar-refractivity contribution < 1.29 is 41.1 Å². The number of fused-ring (bicyclic) bond motifs is 1. The van der Waals surface area contributed by atoms with E-state index in [4.69, 9.17) is 14.4 Å². The van der Waals surface area contributed by atoms with E-state index in [-0.39, 0.29) is 23.8 Å². The molecule has 7 nitrogen and oxygen atoms in total. The zero-order valence-corrected chi connectivity index (χ0v) is 17.2. The lowest BCUT2D eigenvalue weighted by Gasteiger charge is -2.18. The second-order valence-electron chi connectivity index (χ2n) is 7.26. The van der Waals surface area contributed by atoms with Gasteiger partial charge in [0.15, 0.2) is 6.10 Å². The predicted molar refractivity (Wildman–Crippen MR) is 110 cm³/mol. The first-order chi connectivity index (χ1) is 16.2. The van der Waals surface area contributed by atoms with Gasteiger partial charge in [0, 0.05) is 28.2 Å². The minimum atomic E-state index is -4.87. The third-order valence-corrected chi connectivity index (χ3v) is 4.96. The minimum Gasteiger partial charge on any atom is -0.484 e. The molecule has 0 amide bonds. The number of halogens is 5. The molecule has 0 radical (unpaired) electrons. The molecule has 0 spiro atoms. The highest BCUT2D eigenvalue weighted by molar-refractivity contribution is 5.94. The predicted octanol–water partition coefficient (Wildman–Crippen LogP) is 5.15. The summed E-state index contributed by atoms with van der Waals surface area (Å²) >= 11 is 0. The molecule has 0 fully saturated rings. The zero-order chi connectivity index (χ0) is 24.5. The third-order valence-electron chi connectivity index (χ3n) is 4.96. The quantitative estimate of drug-likeness (QED) is 0.350. The summed E-state index contributed by atoms with van der Waals surface area (Å²) in [4.78, 5) is 15.2. The Morgan fingerprint density at radius 2 is 1.91 bits per heavy atom. The van der Waals surface area contributed by atoms with Gasteiger partial charge < -0.3 is 18.9 Å². The van der Waals surface area contributed by atoms with E-state index in [1.807, 2.05) is 0 Å². The van der Waals surface area contributed by atoms with E-state index in [1.165, 1.54) is 10.6 Å². The lowest BCUT2D eigenvalue weighted by atomic mass is 10.1. The smallest absolute Gasteiger partial charge is 0.419 e. The van der Waals surface area contributed by atoms with Crippen molar-refractivity contribution in [3.05, 3.63) is 54.2 Å². The molecule has 0 aliphatic rings. The molecule has 0 unspecified atom stereocenters. The molecule has 2 aromatic carbocycles. The Kier molecular flexibility index (Phi) is 6.22. The highest BCUT2D eigenvalue weighted by Crippen LogP contribution is 2.39. The van der Waals surface area contributed by atoms with E-state index in [2.05, 4.69) is 10.1 Å². The van der Waals surface area contributed by atoms with Crippen molar-refractivity contribution in [3.63, 3.8) is 0 Å². The topological polar surface area (TPSA) is 90.4 Å². The maximum Gasteiger partial charge on any atom is 0.419 e. The number of rotatable bonds is 8. The van der Waals surface area contributed by atoms with Crippen LogP contribution < -0.4 is 4.74 Å². The molecule has 0 aliphatic heterocycles. The van der Waals surface area contributed by atoms with E-state index in [1.54, 1.807) is 30.5 Å². The van der Waals surface area contributed by atoms with Crippen LogP contribution in [0.3, 0.4) is 0 Å². The van der Waals surface area contributed by atoms with Gasteiger partial charge in [-0.1, -0.05) is 17.3 Å². The highest BCUT2D eigenvalue weighted by atomic mass is 19.4. The summed E-state index contributed by atoms with van der Waals surface area (Å²) in [5, 5.41) is 13.5. The van der Waals surface area contributed by atoms with Crippen LogP contribution in [0.25, 0.3) is 33.7 Å². The monoisotopic (exact) mass is 481 g/mol. The number of aromatic nitrogens is 3. The molecule has 0 bridgehead atoms. The van der Waals surface area contributed by atoms with Gasteiger partial charge in [-0.25, -0.2) is 8.78 Å². The number of nitrogens with zero attached hydrogens (tertiary/aromatic N) is 3. The summed E-state index contributed by atoms with van der Waals surface area (Å²) in [5.41, 5.74) is -0.237. The van der Waals surface area contributed by atoms with Crippen molar-refractivity contribution in [1.82, 2.24) is 14.7 Å². The average Bonchev–Trinajstić information content (AvgIpc) is 3.44. The molecule has 4 rings (SSSR count). The number of ether oxygens (including phenoxy) is 1. The van der Waals surface area contributed by atoms with Crippen molar-refractivity contribution in [2.75, 3.05) is 13.3 Å². The number of carbonyl (C=O) groups is 1. The first-order valence-corrected chi connectivity index (χ1v) is 9.85. The molecule has 0 saturated heterocycles. The van der Waals surface area contributed by atoms with Crippen molar-refractivity contribution in [1.29, 1.82) is 0 Å². The summed E-state index contributed by atoms with van der Waals surface area (Å²) in [6.45, 7) is -2.84. The van der Waals surface area contributed by atoms with E-state index in [0.717, 1.165) is 6.07 Å². The van der Waals surface area contributed by atoms with E-state index >= 15 is 0 Å². The highest BCUT2D eigenvalue weighted by Gasteiger charge is 2.36. The van der Waals surface area contributed by atoms with Crippen molar-refractivity contribution >= 4 is 16.9 Å². The summed E-state index contributed by atoms with van der Waals surface area (Å²) in [6.07, 6.45) is -4.94.